The average Bonchev–Trinajstić information content (AvgIpc) is 1.97. The predicted octanol–water partition coefficient (Wildman–Crippen LogP) is 3.29. The quantitative estimate of drug-likeness (QED) is 0.664. The van der Waals surface area contributed by atoms with Gasteiger partial charge in [-0.15, -0.1) is 0 Å². The molecular formula is C8H8ClF2N. The highest BCUT2D eigenvalue weighted by Crippen LogP contribution is 2.30. The van der Waals surface area contributed by atoms with Crippen molar-refractivity contribution in [1.29, 1.82) is 0 Å². The highest BCUT2D eigenvalue weighted by molar-refractivity contribution is 6.32. The molecule has 0 saturated heterocycles. The molecule has 0 aromatic carbocycles. The first-order valence-electron chi connectivity index (χ1n) is 3.43. The zero-order valence-corrected chi connectivity index (χ0v) is 7.49. The first-order valence-corrected chi connectivity index (χ1v) is 3.81. The van der Waals surface area contributed by atoms with Gasteiger partial charge in [-0.05, 0) is 19.4 Å². The van der Waals surface area contributed by atoms with Crippen LogP contribution in [-0.4, -0.2) is 4.98 Å². The number of pyridine rings is 1. The van der Waals surface area contributed by atoms with Crippen LogP contribution in [0.25, 0.3) is 0 Å². The molecule has 0 fully saturated rings. The van der Waals surface area contributed by atoms with Crippen molar-refractivity contribution in [3.05, 3.63) is 28.0 Å². The van der Waals surface area contributed by atoms with Crippen molar-refractivity contribution in [3.63, 3.8) is 0 Å². The van der Waals surface area contributed by atoms with Crippen molar-refractivity contribution in [2.45, 2.75) is 20.3 Å². The minimum absolute atomic E-state index is 0.0741. The topological polar surface area (TPSA) is 12.9 Å². The molecule has 0 radical (unpaired) electrons. The van der Waals surface area contributed by atoms with Gasteiger partial charge in [-0.2, -0.15) is 0 Å². The van der Waals surface area contributed by atoms with Crippen LogP contribution in [0.2, 0.25) is 5.02 Å². The maximum atomic E-state index is 12.4. The molecule has 1 aromatic heterocycles. The van der Waals surface area contributed by atoms with Crippen molar-refractivity contribution in [2.75, 3.05) is 0 Å². The van der Waals surface area contributed by atoms with Crippen LogP contribution in [-0.2, 0) is 0 Å². The van der Waals surface area contributed by atoms with Gasteiger partial charge in [0.25, 0.3) is 6.43 Å². The Hall–Kier alpha value is -0.700. The van der Waals surface area contributed by atoms with Gasteiger partial charge in [-0.1, -0.05) is 11.6 Å². The van der Waals surface area contributed by atoms with Crippen LogP contribution in [0.4, 0.5) is 8.78 Å². The average molecular weight is 192 g/mol. The molecule has 12 heavy (non-hydrogen) atoms. The fourth-order valence-electron chi connectivity index (χ4n) is 0.956. The van der Waals surface area contributed by atoms with Crippen LogP contribution in [0.1, 0.15) is 23.2 Å². The summed E-state index contributed by atoms with van der Waals surface area (Å²) in [6, 6.07) is 0. The van der Waals surface area contributed by atoms with Gasteiger partial charge in [0.2, 0.25) is 0 Å². The number of hydrogen-bond acceptors (Lipinski definition) is 1. The second kappa shape index (κ2) is 3.35. The third-order valence-electron chi connectivity index (χ3n) is 1.65. The number of rotatable bonds is 1. The van der Waals surface area contributed by atoms with Crippen LogP contribution in [0.5, 0.6) is 0 Å². The van der Waals surface area contributed by atoms with E-state index < -0.39 is 6.43 Å². The maximum Gasteiger partial charge on any atom is 0.265 e. The van der Waals surface area contributed by atoms with Crippen LogP contribution >= 0.6 is 11.6 Å². The van der Waals surface area contributed by atoms with Crippen molar-refractivity contribution < 1.29 is 8.78 Å². The van der Waals surface area contributed by atoms with Crippen LogP contribution < -0.4 is 0 Å². The Morgan fingerprint density at radius 1 is 1.42 bits per heavy atom. The molecule has 1 heterocycles. The summed E-state index contributed by atoms with van der Waals surface area (Å²) in [5.41, 5.74) is 0.766. The smallest absolute Gasteiger partial charge is 0.260 e. The number of aryl methyl sites for hydroxylation is 2. The van der Waals surface area contributed by atoms with Gasteiger partial charge in [-0.3, -0.25) is 4.98 Å². The van der Waals surface area contributed by atoms with E-state index in [-0.39, 0.29) is 10.6 Å². The first-order chi connectivity index (χ1) is 5.54. The summed E-state index contributed by atoms with van der Waals surface area (Å²) < 4.78 is 24.7. The molecule has 0 aliphatic carbocycles. The number of nitrogens with zero attached hydrogens (tertiary/aromatic N) is 1. The summed E-state index contributed by atoms with van der Waals surface area (Å²) in [6.07, 6.45) is -1.12. The summed E-state index contributed by atoms with van der Waals surface area (Å²) in [6.45, 7) is 3.17. The summed E-state index contributed by atoms with van der Waals surface area (Å²) in [7, 11) is 0. The van der Waals surface area contributed by atoms with Gasteiger partial charge >= 0.3 is 0 Å². The predicted molar refractivity (Wildman–Crippen MR) is 43.7 cm³/mol. The van der Waals surface area contributed by atoms with E-state index in [4.69, 9.17) is 11.6 Å². The number of alkyl halides is 2. The summed E-state index contributed by atoms with van der Waals surface area (Å²) in [4.78, 5) is 3.86. The van der Waals surface area contributed by atoms with Crippen LogP contribution in [0.15, 0.2) is 6.20 Å². The highest BCUT2D eigenvalue weighted by Gasteiger charge is 2.16. The van der Waals surface area contributed by atoms with Gasteiger partial charge in [0.05, 0.1) is 10.7 Å². The third kappa shape index (κ3) is 1.55. The number of hydrogen-bond donors (Lipinski definition) is 0. The largest absolute Gasteiger partial charge is 0.265 e. The summed E-state index contributed by atoms with van der Waals surface area (Å²) in [5.74, 6) is 0. The van der Waals surface area contributed by atoms with Gasteiger partial charge in [0.15, 0.2) is 0 Å². The lowest BCUT2D eigenvalue weighted by atomic mass is 10.1. The van der Waals surface area contributed by atoms with Crippen LogP contribution in [0, 0.1) is 13.8 Å². The standard InChI is InChI=1S/C8H8ClF2N/c1-4-3-12-5(2)7(9)6(4)8(10)11/h3,8H,1-2H3. The molecular weight excluding hydrogens is 184 g/mol. The molecule has 0 unspecified atom stereocenters. The van der Waals surface area contributed by atoms with E-state index in [0.29, 0.717) is 11.3 Å². The van der Waals surface area contributed by atoms with Gasteiger partial charge in [-0.25, -0.2) is 8.78 Å². The van der Waals surface area contributed by atoms with Gasteiger partial charge in [0, 0.05) is 11.8 Å². The highest BCUT2D eigenvalue weighted by atomic mass is 35.5. The Morgan fingerprint density at radius 2 is 2.00 bits per heavy atom. The lowest BCUT2D eigenvalue weighted by Gasteiger charge is -2.07. The second-order valence-corrected chi connectivity index (χ2v) is 2.93. The fraction of sp³-hybridized carbons (Fsp3) is 0.375. The zero-order valence-electron chi connectivity index (χ0n) is 6.74. The molecule has 0 aliphatic heterocycles. The monoisotopic (exact) mass is 191 g/mol. The molecule has 1 nitrogen and oxygen atoms in total. The van der Waals surface area contributed by atoms with Crippen molar-refractivity contribution in [1.82, 2.24) is 4.98 Å². The Balaban J connectivity index is 3.33. The number of halogens is 3. The minimum atomic E-state index is -2.53. The van der Waals surface area contributed by atoms with Crippen molar-refractivity contribution in [2.24, 2.45) is 0 Å². The van der Waals surface area contributed by atoms with E-state index in [1.165, 1.54) is 6.20 Å². The van der Waals surface area contributed by atoms with E-state index in [1.54, 1.807) is 13.8 Å². The van der Waals surface area contributed by atoms with E-state index >= 15 is 0 Å². The zero-order chi connectivity index (χ0) is 9.30. The van der Waals surface area contributed by atoms with Crippen molar-refractivity contribution >= 4 is 11.6 Å². The van der Waals surface area contributed by atoms with Gasteiger partial charge in [0.1, 0.15) is 0 Å². The Bertz CT molecular complexity index is 299. The molecule has 0 spiro atoms. The molecule has 66 valence electrons. The third-order valence-corrected chi connectivity index (χ3v) is 2.13. The van der Waals surface area contributed by atoms with Gasteiger partial charge < -0.3 is 0 Å². The molecule has 0 aliphatic rings. The molecule has 1 aromatic rings. The molecule has 0 saturated carbocycles. The first kappa shape index (κ1) is 9.39. The molecule has 0 atom stereocenters. The normalized spacial score (nSPS) is 10.8. The second-order valence-electron chi connectivity index (χ2n) is 2.55. The van der Waals surface area contributed by atoms with E-state index in [2.05, 4.69) is 4.98 Å². The summed E-state index contributed by atoms with van der Waals surface area (Å²) in [5, 5.41) is 0.0741. The van der Waals surface area contributed by atoms with E-state index in [0.717, 1.165) is 0 Å². The molecule has 0 amide bonds. The van der Waals surface area contributed by atoms with E-state index in [1.807, 2.05) is 0 Å². The lowest BCUT2D eigenvalue weighted by molar-refractivity contribution is 0.150. The molecule has 0 N–H and O–H groups in total. The molecule has 1 rings (SSSR count). The Morgan fingerprint density at radius 3 is 2.42 bits per heavy atom. The maximum absolute atomic E-state index is 12.4. The molecule has 0 bridgehead atoms. The summed E-state index contributed by atoms with van der Waals surface area (Å²) >= 11 is 5.65. The number of aromatic nitrogens is 1. The Labute approximate surface area is 74.4 Å². The van der Waals surface area contributed by atoms with E-state index in [9.17, 15) is 8.78 Å². The van der Waals surface area contributed by atoms with Crippen molar-refractivity contribution in [3.8, 4) is 0 Å². The lowest BCUT2D eigenvalue weighted by Crippen LogP contribution is -1.95. The van der Waals surface area contributed by atoms with Crippen LogP contribution in [0.3, 0.4) is 0 Å². The Kier molecular flexibility index (Phi) is 2.62. The molecule has 4 heteroatoms. The minimum Gasteiger partial charge on any atom is -0.260 e. The SMILES string of the molecule is Cc1cnc(C)c(Cl)c1C(F)F. The fourth-order valence-corrected chi connectivity index (χ4v) is 1.24.